The summed E-state index contributed by atoms with van der Waals surface area (Å²) in [6.45, 7) is -0.215. The number of rotatable bonds is 3. The average Bonchev–Trinajstić information content (AvgIpc) is 2.42. The van der Waals surface area contributed by atoms with Gasteiger partial charge in [-0.1, -0.05) is 0 Å². The summed E-state index contributed by atoms with van der Waals surface area (Å²) in [5.74, 6) is -0.977. The molecule has 0 radical (unpaired) electrons. The largest absolute Gasteiger partial charge is 0.392 e. The van der Waals surface area contributed by atoms with Crippen molar-refractivity contribution in [3.8, 4) is 0 Å². The van der Waals surface area contributed by atoms with Gasteiger partial charge >= 0.3 is 0 Å². The molecule has 0 fully saturated rings. The molecule has 0 saturated heterocycles. The zero-order valence-electron chi connectivity index (χ0n) is 9.73. The SMILES string of the molecule is O=C(Nc1cnccc1CO)c1ccc(Br)c(F)c1. The first-order chi connectivity index (χ1) is 9.11. The Morgan fingerprint density at radius 3 is 2.89 bits per heavy atom. The summed E-state index contributed by atoms with van der Waals surface area (Å²) in [4.78, 5) is 15.8. The van der Waals surface area contributed by atoms with Gasteiger partial charge < -0.3 is 10.4 Å². The van der Waals surface area contributed by atoms with E-state index in [1.54, 1.807) is 6.07 Å². The number of pyridine rings is 1. The maximum Gasteiger partial charge on any atom is 0.255 e. The normalized spacial score (nSPS) is 10.3. The molecule has 0 aliphatic rings. The number of aliphatic hydroxyl groups is 1. The predicted molar refractivity (Wildman–Crippen MR) is 72.2 cm³/mol. The molecule has 2 aromatic rings. The van der Waals surface area contributed by atoms with Gasteiger partial charge in [-0.05, 0) is 40.2 Å². The Hall–Kier alpha value is -1.79. The Morgan fingerprint density at radius 1 is 1.42 bits per heavy atom. The lowest BCUT2D eigenvalue weighted by molar-refractivity contribution is 0.102. The van der Waals surface area contributed by atoms with Gasteiger partial charge in [-0.15, -0.1) is 0 Å². The molecule has 0 spiro atoms. The van der Waals surface area contributed by atoms with Gasteiger partial charge in [-0.2, -0.15) is 0 Å². The molecule has 0 atom stereocenters. The van der Waals surface area contributed by atoms with Crippen molar-refractivity contribution in [2.24, 2.45) is 0 Å². The number of carbonyl (C=O) groups is 1. The van der Waals surface area contributed by atoms with E-state index in [9.17, 15) is 9.18 Å². The minimum atomic E-state index is -0.513. The van der Waals surface area contributed by atoms with Gasteiger partial charge in [-0.3, -0.25) is 9.78 Å². The Morgan fingerprint density at radius 2 is 2.21 bits per heavy atom. The van der Waals surface area contributed by atoms with Crippen LogP contribution in [0.4, 0.5) is 10.1 Å². The molecule has 2 rings (SSSR count). The third-order valence-electron chi connectivity index (χ3n) is 2.51. The molecule has 98 valence electrons. The van der Waals surface area contributed by atoms with E-state index < -0.39 is 11.7 Å². The van der Waals surface area contributed by atoms with Crippen LogP contribution in [0.2, 0.25) is 0 Å². The minimum Gasteiger partial charge on any atom is -0.392 e. The highest BCUT2D eigenvalue weighted by molar-refractivity contribution is 9.10. The summed E-state index contributed by atoms with van der Waals surface area (Å²) < 4.78 is 13.6. The molecule has 4 nitrogen and oxygen atoms in total. The second-order valence-corrected chi connectivity index (χ2v) is 4.63. The third-order valence-corrected chi connectivity index (χ3v) is 3.15. The lowest BCUT2D eigenvalue weighted by Gasteiger charge is -2.09. The van der Waals surface area contributed by atoms with Crippen LogP contribution in [0.15, 0.2) is 41.1 Å². The van der Waals surface area contributed by atoms with Crippen molar-refractivity contribution in [3.05, 3.63) is 58.1 Å². The molecule has 0 bridgehead atoms. The second kappa shape index (κ2) is 5.90. The van der Waals surface area contributed by atoms with Crippen molar-refractivity contribution in [2.45, 2.75) is 6.61 Å². The van der Waals surface area contributed by atoms with Crippen LogP contribution in [0.1, 0.15) is 15.9 Å². The predicted octanol–water partition coefficient (Wildman–Crippen LogP) is 2.73. The monoisotopic (exact) mass is 324 g/mol. The Kier molecular flexibility index (Phi) is 4.24. The molecule has 0 unspecified atom stereocenters. The van der Waals surface area contributed by atoms with Gasteiger partial charge in [-0.25, -0.2) is 4.39 Å². The van der Waals surface area contributed by atoms with Crippen LogP contribution < -0.4 is 5.32 Å². The van der Waals surface area contributed by atoms with E-state index in [0.29, 0.717) is 15.7 Å². The third kappa shape index (κ3) is 3.15. The number of nitrogens with one attached hydrogen (secondary N) is 1. The summed E-state index contributed by atoms with van der Waals surface area (Å²) in [7, 11) is 0. The fourth-order valence-electron chi connectivity index (χ4n) is 1.51. The maximum atomic E-state index is 13.3. The van der Waals surface area contributed by atoms with Crippen LogP contribution in [0, 0.1) is 5.82 Å². The van der Waals surface area contributed by atoms with Crippen molar-refractivity contribution in [1.29, 1.82) is 0 Å². The summed E-state index contributed by atoms with van der Waals surface area (Å²) >= 11 is 3.02. The molecule has 2 N–H and O–H groups in total. The number of nitrogens with zero attached hydrogens (tertiary/aromatic N) is 1. The highest BCUT2D eigenvalue weighted by Crippen LogP contribution is 2.18. The summed E-state index contributed by atoms with van der Waals surface area (Å²) in [5, 5.41) is 11.7. The zero-order valence-corrected chi connectivity index (χ0v) is 11.3. The number of benzene rings is 1. The molecule has 1 aromatic heterocycles. The fourth-order valence-corrected chi connectivity index (χ4v) is 1.75. The number of anilines is 1. The first-order valence-corrected chi connectivity index (χ1v) is 6.21. The van der Waals surface area contributed by atoms with Gasteiger partial charge in [0.15, 0.2) is 0 Å². The molecule has 1 aromatic carbocycles. The maximum absolute atomic E-state index is 13.3. The van der Waals surface area contributed by atoms with Crippen molar-refractivity contribution < 1.29 is 14.3 Å². The molecule has 0 aliphatic carbocycles. The zero-order chi connectivity index (χ0) is 13.8. The van der Waals surface area contributed by atoms with E-state index in [4.69, 9.17) is 5.11 Å². The van der Waals surface area contributed by atoms with Crippen molar-refractivity contribution >= 4 is 27.5 Å². The van der Waals surface area contributed by atoms with E-state index in [2.05, 4.69) is 26.2 Å². The molecular formula is C13H10BrFN2O2. The summed E-state index contributed by atoms with van der Waals surface area (Å²) in [5.41, 5.74) is 1.13. The highest BCUT2D eigenvalue weighted by atomic mass is 79.9. The van der Waals surface area contributed by atoms with Crippen LogP contribution in [0.5, 0.6) is 0 Å². The average molecular weight is 325 g/mol. The first kappa shape index (κ1) is 13.6. The lowest BCUT2D eigenvalue weighted by Crippen LogP contribution is -2.13. The molecule has 0 saturated carbocycles. The molecule has 0 aliphatic heterocycles. The van der Waals surface area contributed by atoms with Crippen molar-refractivity contribution in [3.63, 3.8) is 0 Å². The Balaban J connectivity index is 2.23. The highest BCUT2D eigenvalue weighted by Gasteiger charge is 2.11. The number of carbonyl (C=O) groups excluding carboxylic acids is 1. The molecule has 1 heterocycles. The standard InChI is InChI=1S/C13H10BrFN2O2/c14-10-2-1-8(5-11(10)15)13(19)17-12-6-16-4-3-9(12)7-18/h1-6,18H,7H2,(H,17,19). The van der Waals surface area contributed by atoms with E-state index in [-0.39, 0.29) is 12.2 Å². The van der Waals surface area contributed by atoms with Gasteiger partial charge in [0.2, 0.25) is 0 Å². The summed E-state index contributed by atoms with van der Waals surface area (Å²) in [6.07, 6.45) is 2.94. The number of aromatic nitrogens is 1. The van der Waals surface area contributed by atoms with Gasteiger partial charge in [0, 0.05) is 17.3 Å². The Bertz CT molecular complexity index is 619. The van der Waals surface area contributed by atoms with Gasteiger partial charge in [0.25, 0.3) is 5.91 Å². The quantitative estimate of drug-likeness (QED) is 0.912. The number of aliphatic hydroxyl groups excluding tert-OH is 1. The minimum absolute atomic E-state index is 0.188. The lowest BCUT2D eigenvalue weighted by atomic mass is 10.2. The van der Waals surface area contributed by atoms with E-state index >= 15 is 0 Å². The molecule has 1 amide bonds. The van der Waals surface area contributed by atoms with E-state index in [0.717, 1.165) is 6.07 Å². The molecular weight excluding hydrogens is 315 g/mol. The molecule has 19 heavy (non-hydrogen) atoms. The number of amides is 1. The number of hydrogen-bond donors (Lipinski definition) is 2. The number of hydrogen-bond acceptors (Lipinski definition) is 3. The fraction of sp³-hybridized carbons (Fsp3) is 0.0769. The van der Waals surface area contributed by atoms with Crippen LogP contribution in [0.3, 0.4) is 0 Å². The van der Waals surface area contributed by atoms with E-state index in [1.165, 1.54) is 24.5 Å². The topological polar surface area (TPSA) is 62.2 Å². The van der Waals surface area contributed by atoms with Crippen LogP contribution in [-0.2, 0) is 6.61 Å². The van der Waals surface area contributed by atoms with Gasteiger partial charge in [0.1, 0.15) is 5.82 Å². The smallest absolute Gasteiger partial charge is 0.255 e. The van der Waals surface area contributed by atoms with Crippen molar-refractivity contribution in [2.75, 3.05) is 5.32 Å². The number of halogens is 2. The van der Waals surface area contributed by atoms with Crippen molar-refractivity contribution in [1.82, 2.24) is 4.98 Å². The summed E-state index contributed by atoms with van der Waals surface area (Å²) in [6, 6.07) is 5.68. The van der Waals surface area contributed by atoms with Gasteiger partial charge in [0.05, 0.1) is 23.0 Å². The first-order valence-electron chi connectivity index (χ1n) is 5.42. The second-order valence-electron chi connectivity index (χ2n) is 3.77. The van der Waals surface area contributed by atoms with Crippen LogP contribution in [-0.4, -0.2) is 16.0 Å². The van der Waals surface area contributed by atoms with E-state index in [1.807, 2.05) is 0 Å². The van der Waals surface area contributed by atoms with Crippen LogP contribution in [0.25, 0.3) is 0 Å². The molecule has 6 heteroatoms. The van der Waals surface area contributed by atoms with Crippen LogP contribution >= 0.6 is 15.9 Å². The Labute approximate surface area is 117 Å².